The number of hydrogen-bond donors (Lipinski definition) is 1. The van der Waals surface area contributed by atoms with Gasteiger partial charge in [-0.3, -0.25) is 9.59 Å². The van der Waals surface area contributed by atoms with Crippen molar-refractivity contribution >= 4 is 27.8 Å². The molecule has 3 aromatic rings. The molecule has 3 rings (SSSR count). The van der Waals surface area contributed by atoms with Crippen LogP contribution in [-0.4, -0.2) is 23.4 Å². The van der Waals surface area contributed by atoms with E-state index in [0.717, 1.165) is 10.0 Å². The minimum atomic E-state index is -0.552. The molecule has 1 N–H and O–H groups in total. The van der Waals surface area contributed by atoms with E-state index in [2.05, 4.69) is 26.2 Å². The van der Waals surface area contributed by atoms with Gasteiger partial charge in [-0.2, -0.15) is 0 Å². The Morgan fingerprint density at radius 3 is 2.52 bits per heavy atom. The maximum absolute atomic E-state index is 12.0. The molecule has 138 valence electrons. The predicted octanol–water partition coefficient (Wildman–Crippen LogP) is 3.89. The van der Waals surface area contributed by atoms with Crippen LogP contribution in [0.1, 0.15) is 21.8 Å². The molecule has 0 aliphatic rings. The number of carbonyl (C=O) groups is 2. The third kappa shape index (κ3) is 5.04. The number of amides is 1. The number of hydrogen-bond acceptors (Lipinski definition) is 5. The standard InChI is InChI=1S/C20H17BrN2O4/c1-13-17(23-20(27-13)15-5-3-2-4-6-15)12-26-18(24)11-22-19(25)14-7-9-16(21)10-8-14/h2-10H,11-12H2,1H3,(H,22,25). The maximum Gasteiger partial charge on any atom is 0.325 e. The summed E-state index contributed by atoms with van der Waals surface area (Å²) in [7, 11) is 0. The Bertz CT molecular complexity index is 936. The Kier molecular flexibility index (Phi) is 6.03. The van der Waals surface area contributed by atoms with Crippen LogP contribution in [0, 0.1) is 6.92 Å². The Hall–Kier alpha value is -2.93. The van der Waals surface area contributed by atoms with Crippen LogP contribution < -0.4 is 5.32 Å². The van der Waals surface area contributed by atoms with Crippen LogP contribution in [0.25, 0.3) is 11.5 Å². The van der Waals surface area contributed by atoms with E-state index in [4.69, 9.17) is 9.15 Å². The Balaban J connectivity index is 1.51. The van der Waals surface area contributed by atoms with Crippen LogP contribution in [0.5, 0.6) is 0 Å². The second-order valence-electron chi connectivity index (χ2n) is 5.74. The van der Waals surface area contributed by atoms with Gasteiger partial charge in [0.05, 0.1) is 0 Å². The zero-order chi connectivity index (χ0) is 19.2. The Morgan fingerprint density at radius 2 is 1.81 bits per heavy atom. The number of halogens is 1. The van der Waals surface area contributed by atoms with Gasteiger partial charge in [0.25, 0.3) is 5.91 Å². The monoisotopic (exact) mass is 428 g/mol. The molecule has 7 heteroatoms. The van der Waals surface area contributed by atoms with Crippen molar-refractivity contribution in [2.45, 2.75) is 13.5 Å². The van der Waals surface area contributed by atoms with Gasteiger partial charge in [0, 0.05) is 15.6 Å². The molecule has 0 spiro atoms. The van der Waals surface area contributed by atoms with Crippen molar-refractivity contribution in [3.63, 3.8) is 0 Å². The van der Waals surface area contributed by atoms with Gasteiger partial charge in [-0.05, 0) is 43.3 Å². The van der Waals surface area contributed by atoms with Crippen molar-refractivity contribution in [2.75, 3.05) is 6.54 Å². The van der Waals surface area contributed by atoms with E-state index in [-0.39, 0.29) is 19.1 Å². The number of carbonyl (C=O) groups excluding carboxylic acids is 2. The van der Waals surface area contributed by atoms with Crippen LogP contribution in [0.15, 0.2) is 63.5 Å². The van der Waals surface area contributed by atoms with Crippen molar-refractivity contribution in [1.82, 2.24) is 10.3 Å². The molecular weight excluding hydrogens is 412 g/mol. The molecule has 1 aromatic heterocycles. The van der Waals surface area contributed by atoms with Crippen LogP contribution in [-0.2, 0) is 16.1 Å². The molecule has 1 amide bonds. The van der Waals surface area contributed by atoms with E-state index in [0.29, 0.717) is 22.9 Å². The highest BCUT2D eigenvalue weighted by atomic mass is 79.9. The molecule has 0 aliphatic carbocycles. The highest BCUT2D eigenvalue weighted by molar-refractivity contribution is 9.10. The summed E-state index contributed by atoms with van der Waals surface area (Å²) < 4.78 is 11.7. The van der Waals surface area contributed by atoms with E-state index in [1.807, 2.05) is 30.3 Å². The molecule has 27 heavy (non-hydrogen) atoms. The van der Waals surface area contributed by atoms with E-state index in [9.17, 15) is 9.59 Å². The molecule has 0 bridgehead atoms. The molecule has 0 fully saturated rings. The van der Waals surface area contributed by atoms with Crippen molar-refractivity contribution in [3.05, 3.63) is 76.1 Å². The highest BCUT2D eigenvalue weighted by Gasteiger charge is 2.14. The Morgan fingerprint density at radius 1 is 1.11 bits per heavy atom. The first-order chi connectivity index (χ1) is 13.0. The normalized spacial score (nSPS) is 10.4. The lowest BCUT2D eigenvalue weighted by Gasteiger charge is -2.06. The smallest absolute Gasteiger partial charge is 0.325 e. The van der Waals surface area contributed by atoms with Crippen LogP contribution >= 0.6 is 15.9 Å². The summed E-state index contributed by atoms with van der Waals surface area (Å²) in [6.07, 6.45) is 0. The summed E-state index contributed by atoms with van der Waals surface area (Å²) in [4.78, 5) is 28.2. The van der Waals surface area contributed by atoms with Crippen molar-refractivity contribution < 1.29 is 18.7 Å². The number of rotatable bonds is 6. The van der Waals surface area contributed by atoms with E-state index >= 15 is 0 Å². The molecule has 6 nitrogen and oxygen atoms in total. The second kappa shape index (κ2) is 8.64. The van der Waals surface area contributed by atoms with Gasteiger partial charge in [-0.25, -0.2) is 4.98 Å². The number of oxazole rings is 1. The van der Waals surface area contributed by atoms with Crippen LogP contribution in [0.3, 0.4) is 0 Å². The van der Waals surface area contributed by atoms with Gasteiger partial charge in [0.2, 0.25) is 5.89 Å². The average Bonchev–Trinajstić information content (AvgIpc) is 3.06. The molecule has 0 unspecified atom stereocenters. The number of aromatic nitrogens is 1. The summed E-state index contributed by atoms with van der Waals surface area (Å²) in [6.45, 7) is 1.52. The SMILES string of the molecule is Cc1oc(-c2ccccc2)nc1COC(=O)CNC(=O)c1ccc(Br)cc1. The number of nitrogens with one attached hydrogen (secondary N) is 1. The zero-order valence-corrected chi connectivity index (χ0v) is 16.2. The van der Waals surface area contributed by atoms with Gasteiger partial charge in [0.1, 0.15) is 24.6 Å². The quantitative estimate of drug-likeness (QED) is 0.602. The number of aryl methyl sites for hydroxylation is 1. The first kappa shape index (κ1) is 18.8. The lowest BCUT2D eigenvalue weighted by Crippen LogP contribution is -2.30. The number of esters is 1. The van der Waals surface area contributed by atoms with Gasteiger partial charge in [0.15, 0.2) is 0 Å². The molecule has 0 saturated carbocycles. The van der Waals surface area contributed by atoms with Crippen molar-refractivity contribution in [3.8, 4) is 11.5 Å². The fourth-order valence-corrected chi connectivity index (χ4v) is 2.59. The molecule has 0 radical (unpaired) electrons. The van der Waals surface area contributed by atoms with Crippen molar-refractivity contribution in [2.24, 2.45) is 0 Å². The minimum absolute atomic E-state index is 0.0187. The topological polar surface area (TPSA) is 81.4 Å². The van der Waals surface area contributed by atoms with Gasteiger partial charge < -0.3 is 14.5 Å². The second-order valence-corrected chi connectivity index (χ2v) is 6.65. The lowest BCUT2D eigenvalue weighted by atomic mass is 10.2. The van der Waals surface area contributed by atoms with Gasteiger partial charge in [-0.15, -0.1) is 0 Å². The van der Waals surface area contributed by atoms with Gasteiger partial charge >= 0.3 is 5.97 Å². The average molecular weight is 429 g/mol. The predicted molar refractivity (Wildman–Crippen MR) is 103 cm³/mol. The van der Waals surface area contributed by atoms with Crippen molar-refractivity contribution in [1.29, 1.82) is 0 Å². The summed E-state index contributed by atoms with van der Waals surface area (Å²) in [6, 6.07) is 16.3. The fourth-order valence-electron chi connectivity index (χ4n) is 2.32. The van der Waals surface area contributed by atoms with E-state index < -0.39 is 5.97 Å². The van der Waals surface area contributed by atoms with Crippen LogP contribution in [0.2, 0.25) is 0 Å². The molecule has 2 aromatic carbocycles. The largest absolute Gasteiger partial charge is 0.458 e. The molecular formula is C20H17BrN2O4. The zero-order valence-electron chi connectivity index (χ0n) is 14.6. The van der Waals surface area contributed by atoms with E-state index in [1.54, 1.807) is 31.2 Å². The minimum Gasteiger partial charge on any atom is -0.458 e. The van der Waals surface area contributed by atoms with Crippen LogP contribution in [0.4, 0.5) is 0 Å². The third-order valence-electron chi connectivity index (χ3n) is 3.78. The first-order valence-electron chi connectivity index (χ1n) is 8.24. The number of nitrogens with zero attached hydrogens (tertiary/aromatic N) is 1. The van der Waals surface area contributed by atoms with E-state index in [1.165, 1.54) is 0 Å². The fraction of sp³-hybridized carbons (Fsp3) is 0.150. The summed E-state index contributed by atoms with van der Waals surface area (Å²) in [5.74, 6) is 0.163. The molecule has 0 aliphatic heterocycles. The molecule has 1 heterocycles. The Labute approximate surface area is 164 Å². The third-order valence-corrected chi connectivity index (χ3v) is 4.31. The summed E-state index contributed by atoms with van der Waals surface area (Å²) >= 11 is 3.30. The molecule has 0 atom stereocenters. The number of benzene rings is 2. The first-order valence-corrected chi connectivity index (χ1v) is 9.03. The lowest BCUT2D eigenvalue weighted by molar-refractivity contribution is -0.143. The molecule has 0 saturated heterocycles. The van der Waals surface area contributed by atoms with Gasteiger partial charge in [-0.1, -0.05) is 34.1 Å². The number of ether oxygens (including phenoxy) is 1. The maximum atomic E-state index is 12.0. The summed E-state index contributed by atoms with van der Waals surface area (Å²) in [5, 5.41) is 2.53. The summed E-state index contributed by atoms with van der Waals surface area (Å²) in [5.41, 5.74) is 1.85. The highest BCUT2D eigenvalue weighted by Crippen LogP contribution is 2.21.